The van der Waals surface area contributed by atoms with Gasteiger partial charge in [0.1, 0.15) is 12.2 Å². The second-order valence-corrected chi connectivity index (χ2v) is 11.3. The first-order chi connectivity index (χ1) is 19.5. The van der Waals surface area contributed by atoms with E-state index in [0.717, 1.165) is 27.8 Å². The van der Waals surface area contributed by atoms with Crippen molar-refractivity contribution in [1.29, 1.82) is 0 Å². The lowest BCUT2D eigenvalue weighted by Crippen LogP contribution is -2.47. The van der Waals surface area contributed by atoms with Gasteiger partial charge in [-0.1, -0.05) is 38.1 Å². The number of aryl methyl sites for hydroxylation is 2. The van der Waals surface area contributed by atoms with Gasteiger partial charge in [-0.15, -0.1) is 0 Å². The summed E-state index contributed by atoms with van der Waals surface area (Å²) in [6.07, 6.45) is 4.60. The molecule has 1 saturated heterocycles. The first-order valence-corrected chi connectivity index (χ1v) is 14.0. The van der Waals surface area contributed by atoms with Crippen molar-refractivity contribution in [3.05, 3.63) is 87.6 Å². The third kappa shape index (κ3) is 7.47. The van der Waals surface area contributed by atoms with Crippen LogP contribution in [0.3, 0.4) is 0 Å². The molecule has 1 amide bonds. The summed E-state index contributed by atoms with van der Waals surface area (Å²) in [5, 5.41) is 3.03. The zero-order chi connectivity index (χ0) is 29.7. The van der Waals surface area contributed by atoms with E-state index in [1.807, 2.05) is 56.9 Å². The summed E-state index contributed by atoms with van der Waals surface area (Å²) in [6.45, 7) is 9.25. The molecule has 3 aromatic rings. The van der Waals surface area contributed by atoms with Crippen molar-refractivity contribution >= 4 is 11.9 Å². The molecule has 2 atom stereocenters. The Morgan fingerprint density at radius 1 is 1.12 bits per heavy atom. The number of carbonyl (C=O) groups is 2. The monoisotopic (exact) mass is 562 g/mol. The molecule has 1 N–H and O–H groups in total. The summed E-state index contributed by atoms with van der Waals surface area (Å²) in [5.41, 5.74) is 5.30. The van der Waals surface area contributed by atoms with Gasteiger partial charge in [0, 0.05) is 49.9 Å². The number of likely N-dealkylation sites (tertiary alicyclic amines) is 1. The number of halogens is 1. The third-order valence-corrected chi connectivity index (χ3v) is 7.50. The predicted molar refractivity (Wildman–Crippen MR) is 156 cm³/mol. The van der Waals surface area contributed by atoms with Crippen molar-refractivity contribution in [2.45, 2.75) is 65.3 Å². The van der Waals surface area contributed by atoms with Crippen LogP contribution in [0.5, 0.6) is 0 Å². The Kier molecular flexibility index (Phi) is 9.70. The number of nitrogens with zero attached hydrogens (tertiary/aromatic N) is 3. The SMILES string of the molecule is COC(=O)C[C@H](NC(=O)[C@H](CC(C)C)n1cc(CN2CC(F)C2)ccc1=O)c1cncc(-c2c(C)cccc2C)c1. The van der Waals surface area contributed by atoms with Gasteiger partial charge in [-0.2, -0.15) is 0 Å². The van der Waals surface area contributed by atoms with E-state index >= 15 is 0 Å². The largest absolute Gasteiger partial charge is 0.469 e. The smallest absolute Gasteiger partial charge is 0.307 e. The molecule has 0 radical (unpaired) electrons. The van der Waals surface area contributed by atoms with E-state index in [9.17, 15) is 18.8 Å². The summed E-state index contributed by atoms with van der Waals surface area (Å²) < 4.78 is 19.7. The van der Waals surface area contributed by atoms with Crippen LogP contribution in [-0.2, 0) is 20.9 Å². The summed E-state index contributed by atoms with van der Waals surface area (Å²) in [5.74, 6) is -0.748. The molecule has 3 heterocycles. The summed E-state index contributed by atoms with van der Waals surface area (Å²) >= 11 is 0. The highest BCUT2D eigenvalue weighted by Crippen LogP contribution is 2.30. The van der Waals surface area contributed by atoms with Gasteiger partial charge in [0.2, 0.25) is 5.91 Å². The predicted octanol–water partition coefficient (Wildman–Crippen LogP) is 4.69. The number of hydrogen-bond donors (Lipinski definition) is 1. The normalized spacial score (nSPS) is 15.3. The molecule has 218 valence electrons. The van der Waals surface area contributed by atoms with Crippen molar-refractivity contribution in [2.24, 2.45) is 5.92 Å². The van der Waals surface area contributed by atoms with Crippen LogP contribution >= 0.6 is 0 Å². The van der Waals surface area contributed by atoms with Crippen LogP contribution in [0.2, 0.25) is 0 Å². The minimum atomic E-state index is -0.824. The molecular weight excluding hydrogens is 523 g/mol. The highest BCUT2D eigenvalue weighted by Gasteiger charge is 2.29. The van der Waals surface area contributed by atoms with Crippen molar-refractivity contribution in [3.63, 3.8) is 0 Å². The van der Waals surface area contributed by atoms with Crippen molar-refractivity contribution in [1.82, 2.24) is 19.8 Å². The third-order valence-electron chi connectivity index (χ3n) is 7.50. The molecule has 0 bridgehead atoms. The van der Waals surface area contributed by atoms with E-state index in [4.69, 9.17) is 4.74 Å². The van der Waals surface area contributed by atoms with Gasteiger partial charge >= 0.3 is 5.97 Å². The number of hydrogen-bond acceptors (Lipinski definition) is 6. The molecule has 0 unspecified atom stereocenters. The molecule has 9 heteroatoms. The molecule has 1 aliphatic heterocycles. The van der Waals surface area contributed by atoms with Gasteiger partial charge in [-0.05, 0) is 60.1 Å². The standard InChI is InChI=1S/C32H39FN4O4/c1-20(2)11-28(37-17-23(9-10-29(37)38)16-36-18-26(33)19-36)32(40)35-27(13-30(39)41-5)24-12-25(15-34-14-24)31-21(3)7-6-8-22(31)4/h6-10,12,14-15,17,20,26-28H,11,13,16,18-19H2,1-5H3,(H,35,40)/t27-,28-/m0/s1. The van der Waals surface area contributed by atoms with Crippen LogP contribution in [0.15, 0.2) is 59.8 Å². The fourth-order valence-corrected chi connectivity index (χ4v) is 5.40. The maximum Gasteiger partial charge on any atom is 0.307 e. The number of amides is 1. The first kappa shape index (κ1) is 30.1. The number of pyridine rings is 2. The summed E-state index contributed by atoms with van der Waals surface area (Å²) in [4.78, 5) is 45.7. The lowest BCUT2D eigenvalue weighted by Gasteiger charge is -2.34. The Balaban J connectivity index is 1.66. The minimum absolute atomic E-state index is 0.0944. The molecule has 0 aliphatic carbocycles. The molecule has 1 aliphatic rings. The fraction of sp³-hybridized carbons (Fsp3) is 0.438. The number of alkyl halides is 1. The molecule has 0 spiro atoms. The number of benzene rings is 1. The Labute approximate surface area is 240 Å². The van der Waals surface area contributed by atoms with E-state index in [1.165, 1.54) is 17.7 Å². The van der Waals surface area contributed by atoms with Gasteiger partial charge < -0.3 is 14.6 Å². The second-order valence-electron chi connectivity index (χ2n) is 11.3. The number of carbonyl (C=O) groups excluding carboxylic acids is 2. The van der Waals surface area contributed by atoms with Gasteiger partial charge in [-0.3, -0.25) is 24.3 Å². The summed E-state index contributed by atoms with van der Waals surface area (Å²) in [6, 6.07) is 9.65. The van der Waals surface area contributed by atoms with E-state index in [-0.39, 0.29) is 23.8 Å². The maximum absolute atomic E-state index is 13.9. The van der Waals surface area contributed by atoms with E-state index in [2.05, 4.69) is 10.3 Å². The number of ether oxygens (including phenoxy) is 1. The molecular formula is C32H39FN4O4. The second kappa shape index (κ2) is 13.2. The lowest BCUT2D eigenvalue weighted by molar-refractivity contribution is -0.141. The molecule has 1 aromatic carbocycles. The highest BCUT2D eigenvalue weighted by atomic mass is 19.1. The molecule has 8 nitrogen and oxygen atoms in total. The van der Waals surface area contributed by atoms with E-state index in [0.29, 0.717) is 31.6 Å². The molecule has 41 heavy (non-hydrogen) atoms. The van der Waals surface area contributed by atoms with Crippen molar-refractivity contribution in [3.8, 4) is 11.1 Å². The van der Waals surface area contributed by atoms with Crippen LogP contribution in [-0.4, -0.2) is 52.7 Å². The summed E-state index contributed by atoms with van der Waals surface area (Å²) in [7, 11) is 1.31. The van der Waals surface area contributed by atoms with Gasteiger partial charge in [0.25, 0.3) is 5.56 Å². The number of rotatable bonds is 11. The van der Waals surface area contributed by atoms with E-state index < -0.39 is 24.2 Å². The van der Waals surface area contributed by atoms with Gasteiger partial charge in [0.15, 0.2) is 0 Å². The molecule has 0 saturated carbocycles. The van der Waals surface area contributed by atoms with Crippen LogP contribution in [0.1, 0.15) is 61.0 Å². The van der Waals surface area contributed by atoms with E-state index in [1.54, 1.807) is 24.7 Å². The maximum atomic E-state index is 13.9. The average Bonchev–Trinajstić information content (AvgIpc) is 2.91. The number of esters is 1. The number of nitrogens with one attached hydrogen (secondary N) is 1. The quantitative estimate of drug-likeness (QED) is 0.341. The van der Waals surface area contributed by atoms with Crippen molar-refractivity contribution in [2.75, 3.05) is 20.2 Å². The van der Waals surface area contributed by atoms with Crippen LogP contribution in [0.4, 0.5) is 4.39 Å². The fourth-order valence-electron chi connectivity index (χ4n) is 5.40. The molecule has 1 fully saturated rings. The Bertz CT molecular complexity index is 1430. The Morgan fingerprint density at radius 2 is 1.83 bits per heavy atom. The average molecular weight is 563 g/mol. The van der Waals surface area contributed by atoms with Crippen LogP contribution < -0.4 is 10.9 Å². The minimum Gasteiger partial charge on any atom is -0.469 e. The topological polar surface area (TPSA) is 93.5 Å². The number of aromatic nitrogens is 2. The molecule has 2 aromatic heterocycles. The van der Waals surface area contributed by atoms with Crippen molar-refractivity contribution < 1.29 is 18.7 Å². The Hall–Kier alpha value is -3.85. The Morgan fingerprint density at radius 3 is 2.46 bits per heavy atom. The van der Waals surface area contributed by atoms with Gasteiger partial charge in [-0.25, -0.2) is 4.39 Å². The van der Waals surface area contributed by atoms with Crippen LogP contribution in [0.25, 0.3) is 11.1 Å². The lowest BCUT2D eigenvalue weighted by atomic mass is 9.94. The highest BCUT2D eigenvalue weighted by molar-refractivity contribution is 5.82. The first-order valence-electron chi connectivity index (χ1n) is 14.0. The zero-order valence-corrected chi connectivity index (χ0v) is 24.4. The van der Waals surface area contributed by atoms with Crippen LogP contribution in [0, 0.1) is 19.8 Å². The van der Waals surface area contributed by atoms with Gasteiger partial charge in [0.05, 0.1) is 19.6 Å². The molecule has 4 rings (SSSR count). The zero-order valence-electron chi connectivity index (χ0n) is 24.4. The number of methoxy groups -OCH3 is 1.